The van der Waals surface area contributed by atoms with Gasteiger partial charge in [0.1, 0.15) is 0 Å². The third-order valence-corrected chi connectivity index (χ3v) is 2.25. The minimum Gasteiger partial charge on any atom is -0.361 e. The van der Waals surface area contributed by atoms with Crippen LogP contribution in [0, 0.1) is 11.3 Å². The smallest absolute Gasteiger partial charge is 0.0912 e. The number of benzene rings is 1. The molecule has 2 nitrogen and oxygen atoms in total. The first-order chi connectivity index (χ1) is 6.81. The van der Waals surface area contributed by atoms with Crippen LogP contribution in [0.1, 0.15) is 5.56 Å². The molecule has 1 aromatic heterocycles. The number of nitrogens with zero attached hydrogens (tertiary/aromatic N) is 1. The van der Waals surface area contributed by atoms with E-state index in [9.17, 15) is 0 Å². The summed E-state index contributed by atoms with van der Waals surface area (Å²) in [6.45, 7) is 0. The summed E-state index contributed by atoms with van der Waals surface area (Å²) in [5.74, 6) is 0. The lowest BCUT2D eigenvalue weighted by atomic mass is 10.1. The van der Waals surface area contributed by atoms with E-state index in [0.717, 1.165) is 16.5 Å². The first-order valence-electron chi connectivity index (χ1n) is 4.14. The summed E-state index contributed by atoms with van der Waals surface area (Å²) in [7, 11) is 0. The molecule has 0 saturated heterocycles. The SMILES string of the molecule is N#CC=Cc1c[nH]c2cc(Cl)ccc12. The molecule has 2 rings (SSSR count). The van der Waals surface area contributed by atoms with Gasteiger partial charge in [0.2, 0.25) is 0 Å². The van der Waals surface area contributed by atoms with Crippen molar-refractivity contribution in [3.63, 3.8) is 0 Å². The summed E-state index contributed by atoms with van der Waals surface area (Å²) in [4.78, 5) is 3.09. The van der Waals surface area contributed by atoms with Crippen LogP contribution in [-0.4, -0.2) is 4.98 Å². The number of aromatic nitrogens is 1. The van der Waals surface area contributed by atoms with Crippen molar-refractivity contribution in [1.29, 1.82) is 5.26 Å². The normalized spacial score (nSPS) is 10.9. The van der Waals surface area contributed by atoms with Gasteiger partial charge in [-0.25, -0.2) is 0 Å². The Morgan fingerprint density at radius 2 is 2.29 bits per heavy atom. The Kier molecular flexibility index (Phi) is 2.26. The molecular weight excluding hydrogens is 196 g/mol. The van der Waals surface area contributed by atoms with Gasteiger partial charge in [0.25, 0.3) is 0 Å². The molecule has 0 aliphatic heterocycles. The summed E-state index contributed by atoms with van der Waals surface area (Å²) in [5.41, 5.74) is 1.98. The number of halogens is 1. The van der Waals surface area contributed by atoms with E-state index >= 15 is 0 Å². The minimum atomic E-state index is 0.704. The fraction of sp³-hybridized carbons (Fsp3) is 0. The molecule has 0 atom stereocenters. The fourth-order valence-electron chi connectivity index (χ4n) is 1.39. The standard InChI is InChI=1S/C11H7ClN2/c12-9-3-4-10-8(2-1-5-13)7-14-11(10)6-9/h1-4,6-7,14H. The van der Waals surface area contributed by atoms with Crippen LogP contribution in [0.4, 0.5) is 0 Å². The van der Waals surface area contributed by atoms with E-state index in [1.54, 1.807) is 6.08 Å². The number of fused-ring (bicyclic) bond motifs is 1. The molecule has 3 heteroatoms. The molecule has 1 heterocycles. The molecule has 1 N–H and O–H groups in total. The van der Waals surface area contributed by atoms with Crippen molar-refractivity contribution in [3.05, 3.63) is 41.1 Å². The third kappa shape index (κ3) is 1.50. The lowest BCUT2D eigenvalue weighted by molar-refractivity contribution is 1.47. The van der Waals surface area contributed by atoms with Crippen molar-refractivity contribution < 1.29 is 0 Å². The highest BCUT2D eigenvalue weighted by Crippen LogP contribution is 2.22. The van der Waals surface area contributed by atoms with Crippen molar-refractivity contribution in [2.24, 2.45) is 0 Å². The van der Waals surface area contributed by atoms with Crippen LogP contribution >= 0.6 is 11.6 Å². The molecule has 2 aromatic rings. The van der Waals surface area contributed by atoms with Gasteiger partial charge in [-0.05, 0) is 18.2 Å². The number of allylic oxidation sites excluding steroid dienone is 1. The second-order valence-corrected chi connectivity index (χ2v) is 3.33. The van der Waals surface area contributed by atoms with Crippen LogP contribution in [-0.2, 0) is 0 Å². The van der Waals surface area contributed by atoms with Crippen molar-refractivity contribution in [2.75, 3.05) is 0 Å². The van der Waals surface area contributed by atoms with Crippen LogP contribution in [0.25, 0.3) is 17.0 Å². The minimum absolute atomic E-state index is 0.704. The maximum Gasteiger partial charge on any atom is 0.0912 e. The Labute approximate surface area is 86.4 Å². The quantitative estimate of drug-likeness (QED) is 0.708. The van der Waals surface area contributed by atoms with Crippen LogP contribution in [0.3, 0.4) is 0 Å². The number of nitriles is 1. The molecule has 0 aliphatic rings. The van der Waals surface area contributed by atoms with Gasteiger partial charge in [0.15, 0.2) is 0 Å². The van der Waals surface area contributed by atoms with Gasteiger partial charge >= 0.3 is 0 Å². The molecule has 0 amide bonds. The highest BCUT2D eigenvalue weighted by molar-refractivity contribution is 6.31. The van der Waals surface area contributed by atoms with E-state index in [-0.39, 0.29) is 0 Å². The molecule has 0 radical (unpaired) electrons. The Morgan fingerprint density at radius 3 is 3.07 bits per heavy atom. The number of H-pyrrole nitrogens is 1. The number of aromatic amines is 1. The molecule has 0 aliphatic carbocycles. The fourth-order valence-corrected chi connectivity index (χ4v) is 1.56. The Morgan fingerprint density at radius 1 is 1.43 bits per heavy atom. The van der Waals surface area contributed by atoms with Gasteiger partial charge < -0.3 is 4.98 Å². The Bertz CT molecular complexity index is 532. The van der Waals surface area contributed by atoms with Gasteiger partial charge in [-0.2, -0.15) is 5.26 Å². The predicted molar refractivity (Wildman–Crippen MR) is 58.0 cm³/mol. The average Bonchev–Trinajstić information content (AvgIpc) is 2.57. The number of hydrogen-bond donors (Lipinski definition) is 1. The van der Waals surface area contributed by atoms with Crippen molar-refractivity contribution in [1.82, 2.24) is 4.98 Å². The molecule has 14 heavy (non-hydrogen) atoms. The zero-order chi connectivity index (χ0) is 9.97. The van der Waals surface area contributed by atoms with Gasteiger partial charge in [-0.1, -0.05) is 17.7 Å². The topological polar surface area (TPSA) is 39.6 Å². The summed E-state index contributed by atoms with van der Waals surface area (Å²) >= 11 is 5.84. The second-order valence-electron chi connectivity index (χ2n) is 2.90. The Balaban J connectivity index is 2.59. The highest BCUT2D eigenvalue weighted by Gasteiger charge is 2.00. The molecule has 1 aromatic carbocycles. The molecule has 0 saturated carbocycles. The maximum absolute atomic E-state index is 8.41. The molecule has 0 unspecified atom stereocenters. The predicted octanol–water partition coefficient (Wildman–Crippen LogP) is 3.36. The van der Waals surface area contributed by atoms with E-state index in [1.165, 1.54) is 6.08 Å². The number of rotatable bonds is 1. The zero-order valence-electron chi connectivity index (χ0n) is 7.29. The lowest BCUT2D eigenvalue weighted by Gasteiger charge is -1.91. The van der Waals surface area contributed by atoms with E-state index in [4.69, 9.17) is 16.9 Å². The number of hydrogen-bond acceptors (Lipinski definition) is 1. The molecule has 68 valence electrons. The zero-order valence-corrected chi connectivity index (χ0v) is 8.05. The van der Waals surface area contributed by atoms with E-state index in [1.807, 2.05) is 30.5 Å². The first kappa shape index (κ1) is 8.86. The molecule has 0 spiro atoms. The Hall–Kier alpha value is -1.72. The van der Waals surface area contributed by atoms with Crippen molar-refractivity contribution in [3.8, 4) is 6.07 Å². The number of nitrogens with one attached hydrogen (secondary N) is 1. The van der Waals surface area contributed by atoms with Crippen LogP contribution < -0.4 is 0 Å². The van der Waals surface area contributed by atoms with Gasteiger partial charge in [0, 0.05) is 33.8 Å². The van der Waals surface area contributed by atoms with E-state index < -0.39 is 0 Å². The second kappa shape index (κ2) is 3.57. The van der Waals surface area contributed by atoms with Gasteiger partial charge in [-0.15, -0.1) is 0 Å². The molecule has 0 fully saturated rings. The van der Waals surface area contributed by atoms with Crippen molar-refractivity contribution in [2.45, 2.75) is 0 Å². The van der Waals surface area contributed by atoms with Crippen LogP contribution in [0.2, 0.25) is 5.02 Å². The molecular formula is C11H7ClN2. The van der Waals surface area contributed by atoms with Crippen molar-refractivity contribution >= 4 is 28.6 Å². The van der Waals surface area contributed by atoms with E-state index in [2.05, 4.69) is 4.98 Å². The largest absolute Gasteiger partial charge is 0.361 e. The van der Waals surface area contributed by atoms with Gasteiger partial charge in [-0.3, -0.25) is 0 Å². The monoisotopic (exact) mass is 202 g/mol. The maximum atomic E-state index is 8.41. The summed E-state index contributed by atoms with van der Waals surface area (Å²) in [6, 6.07) is 7.59. The average molecular weight is 203 g/mol. The first-order valence-corrected chi connectivity index (χ1v) is 4.52. The highest BCUT2D eigenvalue weighted by atomic mass is 35.5. The summed E-state index contributed by atoms with van der Waals surface area (Å²) < 4.78 is 0. The lowest BCUT2D eigenvalue weighted by Crippen LogP contribution is -1.69. The third-order valence-electron chi connectivity index (χ3n) is 2.01. The van der Waals surface area contributed by atoms with Gasteiger partial charge in [0.05, 0.1) is 6.07 Å². The van der Waals surface area contributed by atoms with E-state index in [0.29, 0.717) is 5.02 Å². The summed E-state index contributed by atoms with van der Waals surface area (Å²) in [5, 5.41) is 10.2. The van der Waals surface area contributed by atoms with Crippen LogP contribution in [0.5, 0.6) is 0 Å². The molecule has 0 bridgehead atoms. The summed E-state index contributed by atoms with van der Waals surface area (Å²) in [6.07, 6.45) is 5.08. The van der Waals surface area contributed by atoms with Crippen LogP contribution in [0.15, 0.2) is 30.5 Å².